The Morgan fingerprint density at radius 2 is 1.95 bits per heavy atom. The summed E-state index contributed by atoms with van der Waals surface area (Å²) in [5, 5.41) is 0.753. The van der Waals surface area contributed by atoms with Crippen molar-refractivity contribution in [3.05, 3.63) is 64.9 Å². The van der Waals surface area contributed by atoms with Crippen LogP contribution in [0.2, 0.25) is 5.02 Å². The lowest BCUT2D eigenvalue weighted by Gasteiger charge is -2.38. The molecule has 1 aliphatic heterocycles. The quantitative estimate of drug-likeness (QED) is 0.930. The second kappa shape index (κ2) is 6.67. The van der Waals surface area contributed by atoms with Crippen LogP contribution in [0.15, 0.2) is 48.5 Å². The molecule has 2 aromatic rings. The highest BCUT2D eigenvalue weighted by Crippen LogP contribution is 2.27. The molecule has 116 valence electrons. The smallest absolute Gasteiger partial charge is 0.146 e. The summed E-state index contributed by atoms with van der Waals surface area (Å²) in [7, 11) is 0. The summed E-state index contributed by atoms with van der Waals surface area (Å²) in [4.78, 5) is 2.07. The fourth-order valence-corrected chi connectivity index (χ4v) is 3.51. The molecule has 0 aliphatic carbocycles. The number of nitrogens with two attached hydrogens (primary N) is 1. The second-order valence-electron chi connectivity index (χ2n) is 6.05. The Labute approximate surface area is 135 Å². The number of benzene rings is 2. The molecule has 0 aromatic heterocycles. The molecule has 0 radical (unpaired) electrons. The van der Waals surface area contributed by atoms with Crippen molar-refractivity contribution in [2.75, 3.05) is 18.0 Å². The van der Waals surface area contributed by atoms with Gasteiger partial charge in [0, 0.05) is 24.2 Å². The third-order valence-corrected chi connectivity index (χ3v) is 4.41. The van der Waals surface area contributed by atoms with Gasteiger partial charge < -0.3 is 10.6 Å². The van der Waals surface area contributed by atoms with Crippen LogP contribution in [-0.4, -0.2) is 19.1 Å². The molecule has 0 bridgehead atoms. The summed E-state index contributed by atoms with van der Waals surface area (Å²) in [6, 6.07) is 14.9. The molecule has 4 heteroatoms. The minimum atomic E-state index is -0.182. The number of nitrogens with zero attached hydrogens (tertiary/aromatic N) is 1. The fraction of sp³-hybridized carbons (Fsp3) is 0.333. The van der Waals surface area contributed by atoms with Crippen LogP contribution in [0, 0.1) is 11.7 Å². The van der Waals surface area contributed by atoms with Crippen molar-refractivity contribution in [3.8, 4) is 0 Å². The topological polar surface area (TPSA) is 29.3 Å². The minimum absolute atomic E-state index is 0.0672. The van der Waals surface area contributed by atoms with Gasteiger partial charge in [-0.15, -0.1) is 0 Å². The summed E-state index contributed by atoms with van der Waals surface area (Å²) in [6.07, 6.45) is 1.87. The molecular weight excluding hydrogens is 299 g/mol. The summed E-state index contributed by atoms with van der Waals surface area (Å²) < 4.78 is 14.0. The highest BCUT2D eigenvalue weighted by molar-refractivity contribution is 6.30. The molecule has 2 unspecified atom stereocenters. The molecule has 1 heterocycles. The van der Waals surface area contributed by atoms with E-state index in [4.69, 9.17) is 17.3 Å². The first-order valence-corrected chi connectivity index (χ1v) is 7.99. The Kier molecular flexibility index (Phi) is 4.65. The largest absolute Gasteiger partial charge is 0.367 e. The van der Waals surface area contributed by atoms with Gasteiger partial charge in [-0.2, -0.15) is 0 Å². The van der Waals surface area contributed by atoms with E-state index in [-0.39, 0.29) is 11.9 Å². The summed E-state index contributed by atoms with van der Waals surface area (Å²) >= 11 is 6.05. The van der Waals surface area contributed by atoms with Gasteiger partial charge in [-0.3, -0.25) is 0 Å². The Morgan fingerprint density at radius 1 is 1.14 bits per heavy atom. The Morgan fingerprint density at radius 3 is 2.73 bits per heavy atom. The molecule has 22 heavy (non-hydrogen) atoms. The number of piperidine rings is 1. The van der Waals surface area contributed by atoms with Crippen LogP contribution in [0.1, 0.15) is 12.0 Å². The normalized spacial score (nSPS) is 21.9. The monoisotopic (exact) mass is 318 g/mol. The van der Waals surface area contributed by atoms with Gasteiger partial charge in [-0.05, 0) is 48.6 Å². The summed E-state index contributed by atoms with van der Waals surface area (Å²) in [5.41, 5.74) is 8.05. The van der Waals surface area contributed by atoms with Crippen molar-refractivity contribution < 1.29 is 4.39 Å². The number of anilines is 1. The third kappa shape index (κ3) is 3.60. The molecule has 2 atom stereocenters. The van der Waals surface area contributed by atoms with Crippen molar-refractivity contribution in [2.45, 2.75) is 18.9 Å². The molecule has 0 spiro atoms. The van der Waals surface area contributed by atoms with Crippen molar-refractivity contribution in [1.29, 1.82) is 0 Å². The van der Waals surface area contributed by atoms with E-state index in [0.717, 1.165) is 24.4 Å². The predicted octanol–water partition coefficient (Wildman–Crippen LogP) is 3.88. The predicted molar refractivity (Wildman–Crippen MR) is 89.9 cm³/mol. The standard InChI is InChI=1S/C18H20ClFN2/c19-15-5-3-4-13(9-15)8-14-10-16(21)12-22(11-14)18-7-2-1-6-17(18)20/h1-7,9,14,16H,8,10-12,21H2. The van der Waals surface area contributed by atoms with E-state index in [1.165, 1.54) is 11.6 Å². The van der Waals surface area contributed by atoms with Crippen molar-refractivity contribution in [2.24, 2.45) is 11.7 Å². The fourth-order valence-electron chi connectivity index (χ4n) is 3.30. The van der Waals surface area contributed by atoms with Gasteiger partial charge in [0.15, 0.2) is 0 Å². The molecule has 2 aromatic carbocycles. The number of halogens is 2. The highest BCUT2D eigenvalue weighted by atomic mass is 35.5. The number of hydrogen-bond donors (Lipinski definition) is 1. The van der Waals surface area contributed by atoms with Crippen LogP contribution >= 0.6 is 11.6 Å². The van der Waals surface area contributed by atoms with Crippen LogP contribution in [0.25, 0.3) is 0 Å². The number of para-hydroxylation sites is 1. The van der Waals surface area contributed by atoms with Crippen LogP contribution in [0.4, 0.5) is 10.1 Å². The zero-order valence-corrected chi connectivity index (χ0v) is 13.1. The van der Waals surface area contributed by atoms with Crippen LogP contribution < -0.4 is 10.6 Å². The highest BCUT2D eigenvalue weighted by Gasteiger charge is 2.26. The zero-order chi connectivity index (χ0) is 15.5. The first kappa shape index (κ1) is 15.3. The van der Waals surface area contributed by atoms with Crippen molar-refractivity contribution >= 4 is 17.3 Å². The molecule has 1 saturated heterocycles. The number of rotatable bonds is 3. The Balaban J connectivity index is 1.75. The Bertz CT molecular complexity index is 646. The molecule has 1 fully saturated rings. The van der Waals surface area contributed by atoms with E-state index in [1.807, 2.05) is 30.3 Å². The zero-order valence-electron chi connectivity index (χ0n) is 12.4. The maximum atomic E-state index is 14.0. The maximum absolute atomic E-state index is 14.0. The van der Waals surface area contributed by atoms with Crippen molar-refractivity contribution in [1.82, 2.24) is 0 Å². The van der Waals surface area contributed by atoms with E-state index in [0.29, 0.717) is 18.2 Å². The van der Waals surface area contributed by atoms with Gasteiger partial charge >= 0.3 is 0 Å². The van der Waals surface area contributed by atoms with Crippen LogP contribution in [-0.2, 0) is 6.42 Å². The van der Waals surface area contributed by atoms with Gasteiger partial charge in [0.2, 0.25) is 0 Å². The van der Waals surface area contributed by atoms with E-state index < -0.39 is 0 Å². The third-order valence-electron chi connectivity index (χ3n) is 4.18. The lowest BCUT2D eigenvalue weighted by atomic mass is 9.89. The lowest BCUT2D eigenvalue weighted by Crippen LogP contribution is -2.48. The summed E-state index contributed by atoms with van der Waals surface area (Å²) in [6.45, 7) is 1.52. The number of hydrogen-bond acceptors (Lipinski definition) is 2. The van der Waals surface area contributed by atoms with E-state index in [2.05, 4.69) is 11.0 Å². The first-order chi connectivity index (χ1) is 10.6. The average molecular weight is 319 g/mol. The Hall–Kier alpha value is -1.58. The maximum Gasteiger partial charge on any atom is 0.146 e. The second-order valence-corrected chi connectivity index (χ2v) is 6.49. The van der Waals surface area contributed by atoms with E-state index in [1.54, 1.807) is 6.07 Å². The SMILES string of the molecule is NC1CC(Cc2cccc(Cl)c2)CN(c2ccccc2F)C1. The van der Waals surface area contributed by atoms with Gasteiger partial charge in [0.05, 0.1) is 5.69 Å². The average Bonchev–Trinajstić information content (AvgIpc) is 2.47. The minimum Gasteiger partial charge on any atom is -0.367 e. The van der Waals surface area contributed by atoms with Gasteiger partial charge in [-0.1, -0.05) is 35.9 Å². The summed E-state index contributed by atoms with van der Waals surface area (Å²) in [5.74, 6) is 0.222. The van der Waals surface area contributed by atoms with E-state index in [9.17, 15) is 4.39 Å². The molecule has 2 N–H and O–H groups in total. The molecule has 2 nitrogen and oxygen atoms in total. The van der Waals surface area contributed by atoms with E-state index >= 15 is 0 Å². The van der Waals surface area contributed by atoms with Gasteiger partial charge in [-0.25, -0.2) is 4.39 Å². The first-order valence-electron chi connectivity index (χ1n) is 7.61. The molecular formula is C18H20ClFN2. The molecule has 1 aliphatic rings. The van der Waals surface area contributed by atoms with Gasteiger partial charge in [0.25, 0.3) is 0 Å². The van der Waals surface area contributed by atoms with Gasteiger partial charge in [0.1, 0.15) is 5.82 Å². The van der Waals surface area contributed by atoms with Crippen LogP contribution in [0.5, 0.6) is 0 Å². The lowest BCUT2D eigenvalue weighted by molar-refractivity contribution is 0.372. The van der Waals surface area contributed by atoms with Crippen molar-refractivity contribution in [3.63, 3.8) is 0 Å². The molecule has 0 amide bonds. The molecule has 0 saturated carbocycles. The van der Waals surface area contributed by atoms with Crippen LogP contribution in [0.3, 0.4) is 0 Å². The molecule has 3 rings (SSSR count).